The van der Waals surface area contributed by atoms with E-state index in [-0.39, 0.29) is 6.04 Å². The second kappa shape index (κ2) is 14.7. The van der Waals surface area contributed by atoms with Gasteiger partial charge < -0.3 is 14.6 Å². The summed E-state index contributed by atoms with van der Waals surface area (Å²) in [6.07, 6.45) is 2.60. The lowest BCUT2D eigenvalue weighted by molar-refractivity contribution is -0.149. The van der Waals surface area contributed by atoms with E-state index >= 15 is 0 Å². The molecule has 5 heteroatoms. The molecular formula is C39H45NO4. The number of hydrogen-bond donors (Lipinski definition) is 1. The van der Waals surface area contributed by atoms with E-state index in [2.05, 4.69) is 92.5 Å². The number of carbonyl (C=O) groups is 1. The molecule has 0 bridgehead atoms. The van der Waals surface area contributed by atoms with Crippen molar-refractivity contribution in [3.05, 3.63) is 136 Å². The van der Waals surface area contributed by atoms with Crippen LogP contribution < -0.4 is 4.74 Å². The maximum atomic E-state index is 11.5. The zero-order chi connectivity index (χ0) is 31.1. The molecule has 230 valence electrons. The molecule has 0 amide bonds. The summed E-state index contributed by atoms with van der Waals surface area (Å²) in [5.41, 5.74) is 10.6. The van der Waals surface area contributed by atoms with Gasteiger partial charge in [0.15, 0.2) is 6.10 Å². The molecule has 0 fully saturated rings. The Hall–Kier alpha value is -3.93. The molecule has 0 saturated carbocycles. The van der Waals surface area contributed by atoms with Crippen LogP contribution >= 0.6 is 0 Å². The number of carboxylic acid groups (broad SMARTS) is 1. The monoisotopic (exact) mass is 591 g/mol. The molecule has 0 spiro atoms. The third kappa shape index (κ3) is 7.40. The minimum Gasteiger partial charge on any atom is -0.492 e. The number of aryl methyl sites for hydroxylation is 3. The first-order valence-electron chi connectivity index (χ1n) is 15.9. The molecule has 0 heterocycles. The van der Waals surface area contributed by atoms with E-state index in [4.69, 9.17) is 9.47 Å². The lowest BCUT2D eigenvalue weighted by Crippen LogP contribution is -2.30. The molecule has 0 aliphatic heterocycles. The second-order valence-corrected chi connectivity index (χ2v) is 11.8. The molecule has 1 N–H and O–H groups in total. The first-order chi connectivity index (χ1) is 21.4. The molecule has 3 unspecified atom stereocenters. The van der Waals surface area contributed by atoms with E-state index in [1.165, 1.54) is 38.9 Å². The molecular weight excluding hydrogens is 546 g/mol. The molecule has 0 radical (unpaired) electrons. The molecule has 44 heavy (non-hydrogen) atoms. The smallest absolute Gasteiger partial charge is 0.333 e. The Morgan fingerprint density at radius 2 is 1.52 bits per heavy atom. The number of fused-ring (bicyclic) bond motifs is 2. The van der Waals surface area contributed by atoms with Gasteiger partial charge in [0.2, 0.25) is 0 Å². The number of aliphatic carboxylic acids is 1. The van der Waals surface area contributed by atoms with Gasteiger partial charge >= 0.3 is 5.97 Å². The zero-order valence-electron chi connectivity index (χ0n) is 26.5. The maximum Gasteiger partial charge on any atom is 0.333 e. The van der Waals surface area contributed by atoms with E-state index in [0.29, 0.717) is 25.6 Å². The summed E-state index contributed by atoms with van der Waals surface area (Å²) in [5, 5.41) is 9.39. The number of carboxylic acids is 1. The number of benzene rings is 4. The van der Waals surface area contributed by atoms with Gasteiger partial charge in [0.05, 0.1) is 6.04 Å². The fourth-order valence-corrected chi connectivity index (χ4v) is 6.38. The Morgan fingerprint density at radius 3 is 2.18 bits per heavy atom. The summed E-state index contributed by atoms with van der Waals surface area (Å²) < 4.78 is 11.5. The van der Waals surface area contributed by atoms with Gasteiger partial charge in [-0.25, -0.2) is 4.79 Å². The van der Waals surface area contributed by atoms with Gasteiger partial charge in [0.25, 0.3) is 0 Å². The van der Waals surface area contributed by atoms with E-state index in [1.807, 2.05) is 31.2 Å². The van der Waals surface area contributed by atoms with Crippen LogP contribution in [0.1, 0.15) is 77.2 Å². The van der Waals surface area contributed by atoms with Crippen LogP contribution in [0.15, 0.2) is 91.0 Å². The van der Waals surface area contributed by atoms with Crippen LogP contribution in [-0.4, -0.2) is 48.9 Å². The fourth-order valence-electron chi connectivity index (χ4n) is 6.38. The highest BCUT2D eigenvalue weighted by Crippen LogP contribution is 2.38. The van der Waals surface area contributed by atoms with Crippen molar-refractivity contribution in [1.82, 2.24) is 4.90 Å². The lowest BCUT2D eigenvalue weighted by Gasteiger charge is -2.31. The van der Waals surface area contributed by atoms with Gasteiger partial charge in [-0.3, -0.25) is 4.90 Å². The molecule has 3 atom stereocenters. The Morgan fingerprint density at radius 1 is 0.864 bits per heavy atom. The molecule has 4 aromatic rings. The molecule has 5 rings (SSSR count). The largest absolute Gasteiger partial charge is 0.492 e. The van der Waals surface area contributed by atoms with Crippen LogP contribution in [0.3, 0.4) is 0 Å². The molecule has 0 aromatic heterocycles. The highest BCUT2D eigenvalue weighted by Gasteiger charge is 2.28. The number of likely N-dealkylation sites (N-methyl/N-ethyl adjacent to an activating group) is 1. The van der Waals surface area contributed by atoms with Crippen molar-refractivity contribution < 1.29 is 19.4 Å². The fraction of sp³-hybridized carbons (Fsp3) is 0.359. The second-order valence-electron chi connectivity index (χ2n) is 11.8. The average molecular weight is 592 g/mol. The van der Waals surface area contributed by atoms with Crippen molar-refractivity contribution in [1.29, 1.82) is 0 Å². The van der Waals surface area contributed by atoms with Gasteiger partial charge in [-0.15, -0.1) is 0 Å². The Kier molecular flexibility index (Phi) is 10.5. The molecule has 4 aromatic carbocycles. The molecule has 5 nitrogen and oxygen atoms in total. The van der Waals surface area contributed by atoms with Gasteiger partial charge in [0, 0.05) is 25.5 Å². The third-order valence-electron chi connectivity index (χ3n) is 8.98. The summed E-state index contributed by atoms with van der Waals surface area (Å²) in [6.45, 7) is 8.00. The standard InChI is InChI=1S/C39H45NO4/c1-5-28-14-20-35-32(24-28)15-16-33-26-31(27(3)30-10-8-7-9-11-30)17-21-36(33)38(35)40(4)22-23-44-34-18-12-29(13-19-34)25-37(39(41)42)43-6-2/h7-14,17-21,24,26-27,37-38H,5-6,15-16,22-23,25H2,1-4H3,(H,41,42). The van der Waals surface area contributed by atoms with E-state index in [1.54, 1.807) is 0 Å². The molecule has 1 aliphatic carbocycles. The van der Waals surface area contributed by atoms with Crippen LogP contribution in [0.5, 0.6) is 5.75 Å². The topological polar surface area (TPSA) is 59.0 Å². The van der Waals surface area contributed by atoms with E-state index < -0.39 is 12.1 Å². The number of ether oxygens (including phenoxy) is 2. The highest BCUT2D eigenvalue weighted by atomic mass is 16.5. The predicted octanol–water partition coefficient (Wildman–Crippen LogP) is 7.63. The summed E-state index contributed by atoms with van der Waals surface area (Å²) >= 11 is 0. The Bertz CT molecular complexity index is 1530. The van der Waals surface area contributed by atoms with Crippen LogP contribution in [-0.2, 0) is 35.2 Å². The normalized spacial score (nSPS) is 15.6. The summed E-state index contributed by atoms with van der Waals surface area (Å²) in [6, 6.07) is 32.7. The van der Waals surface area contributed by atoms with Crippen molar-refractivity contribution in [3.63, 3.8) is 0 Å². The van der Waals surface area contributed by atoms with E-state index in [0.717, 1.165) is 37.1 Å². The number of rotatable bonds is 13. The van der Waals surface area contributed by atoms with E-state index in [9.17, 15) is 9.90 Å². The third-order valence-corrected chi connectivity index (χ3v) is 8.98. The average Bonchev–Trinajstić information content (AvgIpc) is 3.21. The van der Waals surface area contributed by atoms with Crippen molar-refractivity contribution >= 4 is 5.97 Å². The number of hydrogen-bond acceptors (Lipinski definition) is 4. The quantitative estimate of drug-likeness (QED) is 0.173. The van der Waals surface area contributed by atoms with Crippen LogP contribution in [0.4, 0.5) is 0 Å². The van der Waals surface area contributed by atoms with Gasteiger partial charge in [-0.1, -0.05) is 92.7 Å². The minimum atomic E-state index is -0.940. The summed E-state index contributed by atoms with van der Waals surface area (Å²) in [7, 11) is 2.20. The first-order valence-corrected chi connectivity index (χ1v) is 15.9. The number of nitrogens with zero attached hydrogens (tertiary/aromatic N) is 1. The SMILES string of the molecule is CCOC(Cc1ccc(OCCN(C)C2c3ccc(CC)cc3CCc3cc(C(C)c4ccccc4)ccc32)cc1)C(=O)O. The summed E-state index contributed by atoms with van der Waals surface area (Å²) in [5.74, 6) is 0.174. The van der Waals surface area contributed by atoms with Crippen molar-refractivity contribution in [2.24, 2.45) is 0 Å². The molecule has 0 saturated heterocycles. The zero-order valence-corrected chi connectivity index (χ0v) is 26.5. The Balaban J connectivity index is 1.33. The van der Waals surface area contributed by atoms with Crippen molar-refractivity contribution in [2.45, 2.75) is 64.5 Å². The lowest BCUT2D eigenvalue weighted by atomic mass is 9.87. The van der Waals surface area contributed by atoms with Crippen molar-refractivity contribution in [3.8, 4) is 5.75 Å². The minimum absolute atomic E-state index is 0.145. The molecule has 1 aliphatic rings. The first kappa shape index (κ1) is 31.5. The summed E-state index contributed by atoms with van der Waals surface area (Å²) in [4.78, 5) is 13.9. The van der Waals surface area contributed by atoms with Gasteiger partial charge in [-0.2, -0.15) is 0 Å². The maximum absolute atomic E-state index is 11.5. The van der Waals surface area contributed by atoms with Crippen LogP contribution in [0.25, 0.3) is 0 Å². The van der Waals surface area contributed by atoms with Crippen LogP contribution in [0.2, 0.25) is 0 Å². The van der Waals surface area contributed by atoms with Gasteiger partial charge in [0.1, 0.15) is 12.4 Å². The van der Waals surface area contributed by atoms with Crippen LogP contribution in [0, 0.1) is 0 Å². The highest BCUT2D eigenvalue weighted by molar-refractivity contribution is 5.72. The predicted molar refractivity (Wildman–Crippen MR) is 177 cm³/mol. The Labute approximate surface area is 262 Å². The van der Waals surface area contributed by atoms with Gasteiger partial charge in [-0.05, 0) is 89.9 Å². The van der Waals surface area contributed by atoms with Crippen molar-refractivity contribution in [2.75, 3.05) is 26.8 Å².